The number of nitrogens with zero attached hydrogens (tertiary/aromatic N) is 3. The SMILES string of the molecule is CCCCCCCCNC(=O)c1cc2c(=O)n3ccccc3nc2n(CCC)c1=N. The molecule has 0 fully saturated rings. The van der Waals surface area contributed by atoms with Crippen molar-refractivity contribution in [1.29, 1.82) is 5.41 Å². The van der Waals surface area contributed by atoms with Gasteiger partial charge in [0.05, 0.1) is 10.9 Å². The third-order valence-corrected chi connectivity index (χ3v) is 5.33. The molecule has 0 spiro atoms. The fourth-order valence-electron chi connectivity index (χ4n) is 3.70. The lowest BCUT2D eigenvalue weighted by molar-refractivity contribution is 0.0950. The van der Waals surface area contributed by atoms with Crippen LogP contribution in [0, 0.1) is 5.41 Å². The molecule has 0 saturated heterocycles. The lowest BCUT2D eigenvalue weighted by atomic mass is 10.1. The number of hydrogen-bond acceptors (Lipinski definition) is 4. The largest absolute Gasteiger partial charge is 0.352 e. The average Bonchev–Trinajstić information content (AvgIpc) is 2.75. The molecule has 0 unspecified atom stereocenters. The smallest absolute Gasteiger partial charge is 0.267 e. The molecular formula is C23H31N5O2. The number of hydrogen-bond donors (Lipinski definition) is 2. The highest BCUT2D eigenvalue weighted by Crippen LogP contribution is 2.11. The summed E-state index contributed by atoms with van der Waals surface area (Å²) in [6, 6.07) is 6.88. The monoisotopic (exact) mass is 409 g/mol. The van der Waals surface area contributed by atoms with Gasteiger partial charge in [0.2, 0.25) is 0 Å². The van der Waals surface area contributed by atoms with Gasteiger partial charge in [0.15, 0.2) is 0 Å². The Morgan fingerprint density at radius 3 is 2.63 bits per heavy atom. The highest BCUT2D eigenvalue weighted by Gasteiger charge is 2.17. The molecule has 3 heterocycles. The van der Waals surface area contributed by atoms with Crippen molar-refractivity contribution in [1.82, 2.24) is 19.3 Å². The molecule has 0 aliphatic rings. The molecule has 0 bridgehead atoms. The molecule has 0 aliphatic heterocycles. The Balaban J connectivity index is 1.91. The van der Waals surface area contributed by atoms with Crippen LogP contribution in [0.1, 0.15) is 69.2 Å². The van der Waals surface area contributed by atoms with Crippen molar-refractivity contribution in [2.24, 2.45) is 0 Å². The van der Waals surface area contributed by atoms with E-state index < -0.39 is 0 Å². The van der Waals surface area contributed by atoms with Crippen LogP contribution in [0.15, 0.2) is 35.3 Å². The van der Waals surface area contributed by atoms with E-state index in [0.717, 1.165) is 19.3 Å². The third-order valence-electron chi connectivity index (χ3n) is 5.33. The van der Waals surface area contributed by atoms with Crippen molar-refractivity contribution in [3.8, 4) is 0 Å². The van der Waals surface area contributed by atoms with E-state index in [-0.39, 0.29) is 22.5 Å². The summed E-state index contributed by atoms with van der Waals surface area (Å²) in [5.74, 6) is -0.308. The van der Waals surface area contributed by atoms with Gasteiger partial charge in [-0.3, -0.25) is 19.4 Å². The van der Waals surface area contributed by atoms with Crippen LogP contribution < -0.4 is 16.4 Å². The molecule has 0 saturated carbocycles. The van der Waals surface area contributed by atoms with Gasteiger partial charge in [-0.15, -0.1) is 0 Å². The number of fused-ring (bicyclic) bond motifs is 2. The minimum Gasteiger partial charge on any atom is -0.352 e. The van der Waals surface area contributed by atoms with Crippen molar-refractivity contribution in [3.05, 3.63) is 51.9 Å². The number of rotatable bonds is 10. The van der Waals surface area contributed by atoms with Crippen molar-refractivity contribution < 1.29 is 4.79 Å². The molecule has 0 aromatic carbocycles. The van der Waals surface area contributed by atoms with E-state index in [1.54, 1.807) is 22.9 Å². The van der Waals surface area contributed by atoms with E-state index in [9.17, 15) is 9.59 Å². The van der Waals surface area contributed by atoms with E-state index in [1.165, 1.54) is 36.2 Å². The standard InChI is InChI=1S/C23H31N5O2/c1-3-5-6-7-8-10-13-25-22(29)17-16-18-21(28(14-4-2)20(17)24)26-19-12-9-11-15-27(19)23(18)30/h9,11-12,15-16,24H,3-8,10,13-14H2,1-2H3,(H,25,29). The molecular weight excluding hydrogens is 378 g/mol. The van der Waals surface area contributed by atoms with Gasteiger partial charge >= 0.3 is 0 Å². The van der Waals surface area contributed by atoms with Crippen molar-refractivity contribution >= 4 is 22.6 Å². The number of carbonyl (C=O) groups is 1. The lowest BCUT2D eigenvalue weighted by Gasteiger charge is -2.14. The maximum absolute atomic E-state index is 13.0. The zero-order valence-electron chi connectivity index (χ0n) is 17.9. The molecule has 1 amide bonds. The maximum Gasteiger partial charge on any atom is 0.267 e. The Morgan fingerprint density at radius 1 is 1.10 bits per heavy atom. The molecule has 7 nitrogen and oxygen atoms in total. The quantitative estimate of drug-likeness (QED) is 0.396. The molecule has 7 heteroatoms. The summed E-state index contributed by atoms with van der Waals surface area (Å²) in [4.78, 5) is 30.4. The van der Waals surface area contributed by atoms with E-state index in [4.69, 9.17) is 5.41 Å². The van der Waals surface area contributed by atoms with Crippen LogP contribution in [0.4, 0.5) is 0 Å². The third kappa shape index (κ3) is 4.61. The van der Waals surface area contributed by atoms with E-state index in [1.807, 2.05) is 13.0 Å². The van der Waals surface area contributed by atoms with Gasteiger partial charge in [0, 0.05) is 19.3 Å². The molecule has 3 rings (SSSR count). The van der Waals surface area contributed by atoms with Gasteiger partial charge in [0.1, 0.15) is 16.8 Å². The normalized spacial score (nSPS) is 11.3. The summed E-state index contributed by atoms with van der Waals surface area (Å²) >= 11 is 0. The van der Waals surface area contributed by atoms with Crippen LogP contribution in [-0.2, 0) is 6.54 Å². The Hall–Kier alpha value is -2.96. The number of amides is 1. The van der Waals surface area contributed by atoms with Crippen LogP contribution in [0.5, 0.6) is 0 Å². The first-order chi connectivity index (χ1) is 14.6. The number of nitrogens with one attached hydrogen (secondary N) is 2. The Bertz CT molecular complexity index is 1150. The second-order valence-electron chi connectivity index (χ2n) is 7.67. The van der Waals surface area contributed by atoms with Crippen LogP contribution in [0.2, 0.25) is 0 Å². The molecule has 160 valence electrons. The highest BCUT2D eigenvalue weighted by atomic mass is 16.1. The molecule has 30 heavy (non-hydrogen) atoms. The summed E-state index contributed by atoms with van der Waals surface area (Å²) in [5, 5.41) is 11.9. The molecule has 2 N–H and O–H groups in total. The first-order valence-corrected chi connectivity index (χ1v) is 11.0. The van der Waals surface area contributed by atoms with Crippen LogP contribution in [0.25, 0.3) is 16.7 Å². The van der Waals surface area contributed by atoms with Crippen LogP contribution in [0.3, 0.4) is 0 Å². The van der Waals surface area contributed by atoms with Gasteiger partial charge < -0.3 is 9.88 Å². The van der Waals surface area contributed by atoms with Crippen LogP contribution >= 0.6 is 0 Å². The second-order valence-corrected chi connectivity index (χ2v) is 7.67. The van der Waals surface area contributed by atoms with E-state index >= 15 is 0 Å². The predicted molar refractivity (Wildman–Crippen MR) is 119 cm³/mol. The highest BCUT2D eigenvalue weighted by molar-refractivity contribution is 5.96. The zero-order chi connectivity index (χ0) is 21.5. The minimum atomic E-state index is -0.308. The average molecular weight is 410 g/mol. The number of pyridine rings is 2. The number of unbranched alkanes of at least 4 members (excludes halogenated alkanes) is 5. The minimum absolute atomic E-state index is 0.0944. The molecule has 0 radical (unpaired) electrons. The Labute approximate surface area is 176 Å². The fourth-order valence-corrected chi connectivity index (χ4v) is 3.70. The second kappa shape index (κ2) is 10.2. The van der Waals surface area contributed by atoms with Crippen molar-refractivity contribution in [3.63, 3.8) is 0 Å². The Kier molecular flexibility index (Phi) is 7.38. The first kappa shape index (κ1) is 21.7. The van der Waals surface area contributed by atoms with Gasteiger partial charge in [-0.1, -0.05) is 52.0 Å². The topological polar surface area (TPSA) is 92.2 Å². The number of carbonyl (C=O) groups excluding carboxylic acids is 1. The number of aryl methyl sites for hydroxylation is 1. The summed E-state index contributed by atoms with van der Waals surface area (Å²) in [6.07, 6.45) is 9.31. The molecule has 0 aliphatic carbocycles. The fraction of sp³-hybridized carbons (Fsp3) is 0.478. The molecule has 0 atom stereocenters. The maximum atomic E-state index is 13.0. The van der Waals surface area contributed by atoms with E-state index in [0.29, 0.717) is 29.8 Å². The zero-order valence-corrected chi connectivity index (χ0v) is 17.9. The first-order valence-electron chi connectivity index (χ1n) is 11.0. The summed E-state index contributed by atoms with van der Waals surface area (Å²) < 4.78 is 3.14. The summed E-state index contributed by atoms with van der Waals surface area (Å²) in [7, 11) is 0. The lowest BCUT2D eigenvalue weighted by Crippen LogP contribution is -2.35. The predicted octanol–water partition coefficient (Wildman–Crippen LogP) is 3.63. The van der Waals surface area contributed by atoms with Crippen molar-refractivity contribution in [2.45, 2.75) is 65.3 Å². The van der Waals surface area contributed by atoms with Gasteiger partial charge in [-0.2, -0.15) is 0 Å². The number of aromatic nitrogens is 3. The summed E-state index contributed by atoms with van der Waals surface area (Å²) in [6.45, 7) is 5.28. The van der Waals surface area contributed by atoms with Gasteiger partial charge in [-0.25, -0.2) is 4.98 Å². The van der Waals surface area contributed by atoms with Gasteiger partial charge in [0.25, 0.3) is 11.5 Å². The summed E-state index contributed by atoms with van der Waals surface area (Å²) in [5.41, 5.74) is 1.06. The molecule has 3 aromatic rings. The van der Waals surface area contributed by atoms with Gasteiger partial charge in [-0.05, 0) is 31.0 Å². The van der Waals surface area contributed by atoms with Crippen molar-refractivity contribution in [2.75, 3.05) is 6.54 Å². The van der Waals surface area contributed by atoms with Crippen LogP contribution in [-0.4, -0.2) is 26.4 Å². The van der Waals surface area contributed by atoms with E-state index in [2.05, 4.69) is 17.2 Å². The Morgan fingerprint density at radius 2 is 1.87 bits per heavy atom. The molecule has 3 aromatic heterocycles.